The van der Waals surface area contributed by atoms with Crippen LogP contribution in [0.4, 0.5) is 5.69 Å². The molecule has 0 radical (unpaired) electrons. The van der Waals surface area contributed by atoms with E-state index in [1.165, 1.54) is 31.2 Å². The smallest absolute Gasteiger partial charge is 0.335 e. The molecule has 0 bridgehead atoms. The van der Waals surface area contributed by atoms with Crippen molar-refractivity contribution in [3.8, 4) is 5.88 Å². The highest BCUT2D eigenvalue weighted by Crippen LogP contribution is 2.23. The van der Waals surface area contributed by atoms with Gasteiger partial charge in [-0.3, -0.25) is 4.79 Å². The molecule has 0 unspecified atom stereocenters. The predicted octanol–water partition coefficient (Wildman–Crippen LogP) is 3.66. The van der Waals surface area contributed by atoms with Crippen molar-refractivity contribution in [1.82, 2.24) is 4.98 Å². The second-order valence-corrected chi connectivity index (χ2v) is 6.20. The number of carboxylic acid groups (broad SMARTS) is 1. The maximum Gasteiger partial charge on any atom is 0.335 e. The van der Waals surface area contributed by atoms with Crippen molar-refractivity contribution in [2.24, 2.45) is 0 Å². The molecule has 1 aromatic carbocycles. The van der Waals surface area contributed by atoms with Gasteiger partial charge in [0.05, 0.1) is 11.1 Å². The molecule has 1 saturated carbocycles. The number of pyridine rings is 1. The van der Waals surface area contributed by atoms with E-state index in [1.54, 1.807) is 25.1 Å². The van der Waals surface area contributed by atoms with E-state index >= 15 is 0 Å². The van der Waals surface area contributed by atoms with Gasteiger partial charge in [-0.1, -0.05) is 6.07 Å². The molecule has 2 aromatic rings. The lowest BCUT2D eigenvalue weighted by Crippen LogP contribution is -2.15. The standard InChI is InChI=1S/C19H20N2O4/c1-12-6-7-13(19(23)24)10-16(12)21-18(22)14-8-9-17(20-11-14)25-15-4-2-3-5-15/h6-11,15H,2-5H2,1H3,(H,21,22)(H,23,24). The fourth-order valence-corrected chi connectivity index (χ4v) is 2.85. The predicted molar refractivity (Wildman–Crippen MR) is 93.2 cm³/mol. The molecule has 1 fully saturated rings. The number of benzene rings is 1. The van der Waals surface area contributed by atoms with Crippen molar-refractivity contribution < 1.29 is 19.4 Å². The number of carboxylic acids is 1. The van der Waals surface area contributed by atoms with Crippen LogP contribution >= 0.6 is 0 Å². The molecule has 6 nitrogen and oxygen atoms in total. The summed E-state index contributed by atoms with van der Waals surface area (Å²) in [5.74, 6) is -0.858. The molecule has 25 heavy (non-hydrogen) atoms. The minimum atomic E-state index is -1.04. The Hall–Kier alpha value is -2.89. The van der Waals surface area contributed by atoms with Gasteiger partial charge in [0.1, 0.15) is 6.10 Å². The van der Waals surface area contributed by atoms with E-state index in [2.05, 4.69) is 10.3 Å². The molecule has 1 aliphatic rings. The van der Waals surface area contributed by atoms with Crippen molar-refractivity contribution in [2.45, 2.75) is 38.7 Å². The Morgan fingerprint density at radius 2 is 1.88 bits per heavy atom. The summed E-state index contributed by atoms with van der Waals surface area (Å²) in [6.45, 7) is 1.80. The quantitative estimate of drug-likeness (QED) is 0.867. The maximum absolute atomic E-state index is 12.4. The van der Waals surface area contributed by atoms with Crippen molar-refractivity contribution in [3.05, 3.63) is 53.2 Å². The van der Waals surface area contributed by atoms with Crippen LogP contribution in [0.2, 0.25) is 0 Å². The molecule has 0 atom stereocenters. The first-order valence-electron chi connectivity index (χ1n) is 8.31. The summed E-state index contributed by atoms with van der Waals surface area (Å²) < 4.78 is 5.78. The van der Waals surface area contributed by atoms with Gasteiger partial charge in [-0.05, 0) is 56.4 Å². The Morgan fingerprint density at radius 3 is 2.52 bits per heavy atom. The Balaban J connectivity index is 1.68. The fraction of sp³-hybridized carbons (Fsp3) is 0.316. The summed E-state index contributed by atoms with van der Waals surface area (Å²) in [6.07, 6.45) is 6.13. The average molecular weight is 340 g/mol. The number of nitrogens with zero attached hydrogens (tertiary/aromatic N) is 1. The van der Waals surface area contributed by atoms with E-state index in [0.717, 1.165) is 18.4 Å². The number of amides is 1. The highest BCUT2D eigenvalue weighted by atomic mass is 16.5. The van der Waals surface area contributed by atoms with Gasteiger partial charge >= 0.3 is 5.97 Å². The van der Waals surface area contributed by atoms with Gasteiger partial charge in [-0.15, -0.1) is 0 Å². The number of nitrogens with one attached hydrogen (secondary N) is 1. The number of ether oxygens (including phenoxy) is 1. The van der Waals surface area contributed by atoms with Gasteiger partial charge in [-0.2, -0.15) is 0 Å². The Bertz CT molecular complexity index is 781. The molecular formula is C19H20N2O4. The average Bonchev–Trinajstić information content (AvgIpc) is 3.10. The van der Waals surface area contributed by atoms with E-state index in [4.69, 9.17) is 9.84 Å². The lowest BCUT2D eigenvalue weighted by molar-refractivity contribution is 0.0696. The van der Waals surface area contributed by atoms with Crippen LogP contribution in [0.25, 0.3) is 0 Å². The van der Waals surface area contributed by atoms with Crippen molar-refractivity contribution >= 4 is 17.6 Å². The van der Waals surface area contributed by atoms with E-state index in [0.29, 0.717) is 17.1 Å². The van der Waals surface area contributed by atoms with Gasteiger partial charge in [-0.25, -0.2) is 9.78 Å². The van der Waals surface area contributed by atoms with Gasteiger partial charge in [0, 0.05) is 18.0 Å². The molecule has 1 amide bonds. The zero-order valence-electron chi connectivity index (χ0n) is 14.0. The Kier molecular flexibility index (Phi) is 4.97. The van der Waals surface area contributed by atoms with Crippen LogP contribution in [-0.4, -0.2) is 28.1 Å². The molecule has 6 heteroatoms. The lowest BCUT2D eigenvalue weighted by Gasteiger charge is -2.12. The first kappa shape index (κ1) is 17.0. The highest BCUT2D eigenvalue weighted by molar-refractivity contribution is 6.05. The van der Waals surface area contributed by atoms with Crippen molar-refractivity contribution in [3.63, 3.8) is 0 Å². The van der Waals surface area contributed by atoms with Crippen LogP contribution in [0.3, 0.4) is 0 Å². The monoisotopic (exact) mass is 340 g/mol. The summed E-state index contributed by atoms with van der Waals surface area (Å²) in [5, 5.41) is 11.8. The van der Waals surface area contributed by atoms with E-state index < -0.39 is 5.97 Å². The van der Waals surface area contributed by atoms with Crippen molar-refractivity contribution in [1.29, 1.82) is 0 Å². The van der Waals surface area contributed by atoms with Gasteiger partial charge < -0.3 is 15.2 Å². The van der Waals surface area contributed by atoms with Crippen LogP contribution in [0, 0.1) is 6.92 Å². The normalized spacial score (nSPS) is 14.3. The Labute approximate surface area is 145 Å². The number of aromatic nitrogens is 1. The number of hydrogen-bond acceptors (Lipinski definition) is 4. The number of rotatable bonds is 5. The molecule has 0 aliphatic heterocycles. The number of anilines is 1. The van der Waals surface area contributed by atoms with E-state index in [-0.39, 0.29) is 17.6 Å². The second kappa shape index (κ2) is 7.34. The molecule has 3 rings (SSSR count). The molecule has 1 aromatic heterocycles. The summed E-state index contributed by atoms with van der Waals surface area (Å²) >= 11 is 0. The molecular weight excluding hydrogens is 320 g/mol. The third kappa shape index (κ3) is 4.15. The first-order chi connectivity index (χ1) is 12.0. The third-order valence-corrected chi connectivity index (χ3v) is 4.32. The second-order valence-electron chi connectivity index (χ2n) is 6.20. The summed E-state index contributed by atoms with van der Waals surface area (Å²) in [5.41, 5.74) is 1.77. The minimum absolute atomic E-state index is 0.124. The Morgan fingerprint density at radius 1 is 1.16 bits per heavy atom. The van der Waals surface area contributed by atoms with Crippen LogP contribution in [-0.2, 0) is 0 Å². The van der Waals surface area contributed by atoms with Gasteiger partial charge in [0.15, 0.2) is 0 Å². The SMILES string of the molecule is Cc1ccc(C(=O)O)cc1NC(=O)c1ccc(OC2CCCC2)nc1. The summed E-state index contributed by atoms with van der Waals surface area (Å²) in [6, 6.07) is 7.96. The number of carbonyl (C=O) groups is 2. The third-order valence-electron chi connectivity index (χ3n) is 4.32. The fourth-order valence-electron chi connectivity index (χ4n) is 2.85. The lowest BCUT2D eigenvalue weighted by atomic mass is 10.1. The summed E-state index contributed by atoms with van der Waals surface area (Å²) in [7, 11) is 0. The number of aryl methyl sites for hydroxylation is 1. The molecule has 2 N–H and O–H groups in total. The van der Waals surface area contributed by atoms with E-state index in [9.17, 15) is 9.59 Å². The summed E-state index contributed by atoms with van der Waals surface area (Å²) in [4.78, 5) is 27.6. The topological polar surface area (TPSA) is 88.5 Å². The molecule has 130 valence electrons. The van der Waals surface area contributed by atoms with Crippen LogP contribution < -0.4 is 10.1 Å². The van der Waals surface area contributed by atoms with Crippen LogP contribution in [0.15, 0.2) is 36.5 Å². The van der Waals surface area contributed by atoms with Gasteiger partial charge in [0.25, 0.3) is 5.91 Å². The number of carbonyl (C=O) groups excluding carboxylic acids is 1. The van der Waals surface area contributed by atoms with Crippen molar-refractivity contribution in [2.75, 3.05) is 5.32 Å². The molecule has 1 heterocycles. The largest absolute Gasteiger partial charge is 0.478 e. The molecule has 0 spiro atoms. The zero-order valence-corrected chi connectivity index (χ0v) is 14.0. The van der Waals surface area contributed by atoms with Crippen LogP contribution in [0.1, 0.15) is 52.0 Å². The van der Waals surface area contributed by atoms with Crippen LogP contribution in [0.5, 0.6) is 5.88 Å². The molecule has 0 saturated heterocycles. The van der Waals surface area contributed by atoms with Gasteiger partial charge in [0.2, 0.25) is 5.88 Å². The van der Waals surface area contributed by atoms with E-state index in [1.807, 2.05) is 0 Å². The highest BCUT2D eigenvalue weighted by Gasteiger charge is 2.17. The molecule has 1 aliphatic carbocycles. The first-order valence-corrected chi connectivity index (χ1v) is 8.31. The zero-order chi connectivity index (χ0) is 17.8. The maximum atomic E-state index is 12.4. The number of aromatic carboxylic acids is 1. The number of hydrogen-bond donors (Lipinski definition) is 2. The minimum Gasteiger partial charge on any atom is -0.478 e.